The summed E-state index contributed by atoms with van der Waals surface area (Å²) in [4.78, 5) is 4.43. The van der Waals surface area contributed by atoms with E-state index in [2.05, 4.69) is 10.3 Å². The van der Waals surface area contributed by atoms with E-state index in [9.17, 15) is 13.5 Å². The van der Waals surface area contributed by atoms with Crippen LogP contribution in [-0.4, -0.2) is 48.6 Å². The van der Waals surface area contributed by atoms with Gasteiger partial charge < -0.3 is 10.4 Å². The Balaban J connectivity index is 1.67. The molecule has 2 N–H and O–H groups in total. The van der Waals surface area contributed by atoms with Crippen LogP contribution in [0, 0.1) is 0 Å². The third-order valence-electron chi connectivity index (χ3n) is 4.34. The van der Waals surface area contributed by atoms with Crippen molar-refractivity contribution in [3.63, 3.8) is 0 Å². The topological polar surface area (TPSA) is 82.5 Å². The van der Waals surface area contributed by atoms with Crippen LogP contribution in [0.25, 0.3) is 0 Å². The molecule has 0 spiro atoms. The highest BCUT2D eigenvalue weighted by Gasteiger charge is 2.27. The molecule has 0 saturated carbocycles. The molecule has 7 heteroatoms. The summed E-state index contributed by atoms with van der Waals surface area (Å²) in [6.07, 6.45) is 3.85. The molecule has 0 radical (unpaired) electrons. The van der Waals surface area contributed by atoms with Crippen LogP contribution in [0.3, 0.4) is 0 Å². The first kappa shape index (κ1) is 17.8. The number of nitrogens with one attached hydrogen (secondary N) is 1. The van der Waals surface area contributed by atoms with Crippen molar-refractivity contribution in [1.29, 1.82) is 0 Å². The number of nitrogens with zero attached hydrogens (tertiary/aromatic N) is 2. The molecule has 1 aliphatic heterocycles. The molecule has 2 aromatic rings. The summed E-state index contributed by atoms with van der Waals surface area (Å²) in [5.74, 6) is 0.551. The van der Waals surface area contributed by atoms with E-state index in [-0.39, 0.29) is 17.5 Å². The summed E-state index contributed by atoms with van der Waals surface area (Å²) < 4.78 is 26.5. The predicted octanol–water partition coefficient (Wildman–Crippen LogP) is 1.88. The summed E-state index contributed by atoms with van der Waals surface area (Å²) in [7, 11) is -3.44. The third-order valence-corrected chi connectivity index (χ3v) is 6.22. The first-order valence-electron chi connectivity index (χ1n) is 8.47. The standard InChI is InChI=1S/C18H23N3O3S/c22-14-16(12-15-6-2-1-3-7-15)20-18-9-8-17(13-19-18)25(23,24)21-10-4-5-11-21/h1-3,6-9,13,16,22H,4-5,10-12,14H2,(H,19,20). The van der Waals surface area contributed by atoms with E-state index in [1.54, 1.807) is 12.1 Å². The van der Waals surface area contributed by atoms with E-state index in [4.69, 9.17) is 0 Å². The Morgan fingerprint density at radius 1 is 1.12 bits per heavy atom. The highest BCUT2D eigenvalue weighted by Crippen LogP contribution is 2.21. The Kier molecular flexibility index (Phi) is 5.67. The molecule has 134 valence electrons. The number of rotatable bonds is 7. The normalized spacial score (nSPS) is 16.7. The molecule has 1 atom stereocenters. The highest BCUT2D eigenvalue weighted by atomic mass is 32.2. The molecule has 1 saturated heterocycles. The third kappa shape index (κ3) is 4.36. The second-order valence-electron chi connectivity index (χ2n) is 6.20. The van der Waals surface area contributed by atoms with Crippen molar-refractivity contribution in [2.75, 3.05) is 25.0 Å². The van der Waals surface area contributed by atoms with Crippen molar-refractivity contribution in [2.24, 2.45) is 0 Å². The van der Waals surface area contributed by atoms with Gasteiger partial charge in [0, 0.05) is 19.3 Å². The van der Waals surface area contributed by atoms with Crippen LogP contribution in [0.15, 0.2) is 53.6 Å². The molecule has 3 rings (SSSR count). The van der Waals surface area contributed by atoms with E-state index < -0.39 is 10.0 Å². The minimum atomic E-state index is -3.44. The van der Waals surface area contributed by atoms with Crippen molar-refractivity contribution in [3.8, 4) is 0 Å². The van der Waals surface area contributed by atoms with Gasteiger partial charge in [-0.1, -0.05) is 30.3 Å². The molecular weight excluding hydrogens is 338 g/mol. The van der Waals surface area contributed by atoms with E-state index in [0.717, 1.165) is 18.4 Å². The molecule has 2 heterocycles. The van der Waals surface area contributed by atoms with Crippen LogP contribution < -0.4 is 5.32 Å². The van der Waals surface area contributed by atoms with Crippen molar-refractivity contribution >= 4 is 15.8 Å². The number of pyridine rings is 1. The van der Waals surface area contributed by atoms with Gasteiger partial charge in [0.15, 0.2) is 0 Å². The molecule has 6 nitrogen and oxygen atoms in total. The number of aliphatic hydroxyl groups excluding tert-OH is 1. The van der Waals surface area contributed by atoms with Gasteiger partial charge in [-0.2, -0.15) is 4.31 Å². The molecule has 1 aromatic carbocycles. The predicted molar refractivity (Wildman–Crippen MR) is 96.9 cm³/mol. The van der Waals surface area contributed by atoms with E-state index >= 15 is 0 Å². The summed E-state index contributed by atoms with van der Waals surface area (Å²) >= 11 is 0. The zero-order valence-corrected chi connectivity index (χ0v) is 14.8. The Bertz CT molecular complexity index is 773. The zero-order chi connectivity index (χ0) is 17.7. The largest absolute Gasteiger partial charge is 0.394 e. The van der Waals surface area contributed by atoms with Gasteiger partial charge in [-0.15, -0.1) is 0 Å². The van der Waals surface area contributed by atoms with E-state index in [1.807, 2.05) is 30.3 Å². The van der Waals surface area contributed by atoms with Crippen LogP contribution in [-0.2, 0) is 16.4 Å². The van der Waals surface area contributed by atoms with Crippen LogP contribution in [0.4, 0.5) is 5.82 Å². The molecule has 25 heavy (non-hydrogen) atoms. The molecular formula is C18H23N3O3S. The van der Waals surface area contributed by atoms with Gasteiger partial charge >= 0.3 is 0 Å². The second kappa shape index (κ2) is 7.95. The molecule has 1 unspecified atom stereocenters. The van der Waals surface area contributed by atoms with Crippen molar-refractivity contribution < 1.29 is 13.5 Å². The fraction of sp³-hybridized carbons (Fsp3) is 0.389. The minimum Gasteiger partial charge on any atom is -0.394 e. The van der Waals surface area contributed by atoms with E-state index in [1.165, 1.54) is 10.5 Å². The van der Waals surface area contributed by atoms with Crippen LogP contribution >= 0.6 is 0 Å². The molecule has 1 aliphatic rings. The Labute approximate surface area is 148 Å². The average Bonchev–Trinajstić information content (AvgIpc) is 3.18. The lowest BCUT2D eigenvalue weighted by Crippen LogP contribution is -2.28. The number of sulfonamides is 1. The summed E-state index contributed by atoms with van der Waals surface area (Å²) in [5, 5.41) is 12.7. The zero-order valence-electron chi connectivity index (χ0n) is 14.0. The fourth-order valence-electron chi connectivity index (χ4n) is 2.96. The Morgan fingerprint density at radius 2 is 1.84 bits per heavy atom. The fourth-order valence-corrected chi connectivity index (χ4v) is 4.43. The highest BCUT2D eigenvalue weighted by molar-refractivity contribution is 7.89. The van der Waals surface area contributed by atoms with Gasteiger partial charge in [-0.25, -0.2) is 13.4 Å². The van der Waals surface area contributed by atoms with Gasteiger partial charge in [0.2, 0.25) is 10.0 Å². The number of benzene rings is 1. The van der Waals surface area contributed by atoms with Gasteiger partial charge in [0.1, 0.15) is 10.7 Å². The lowest BCUT2D eigenvalue weighted by Gasteiger charge is -2.18. The molecule has 0 bridgehead atoms. The Hall–Kier alpha value is -1.96. The average molecular weight is 361 g/mol. The number of hydrogen-bond acceptors (Lipinski definition) is 5. The van der Waals surface area contributed by atoms with Gasteiger partial charge in [-0.05, 0) is 37.0 Å². The van der Waals surface area contributed by atoms with Gasteiger partial charge in [0.25, 0.3) is 0 Å². The van der Waals surface area contributed by atoms with Gasteiger partial charge in [0.05, 0.1) is 12.6 Å². The maximum Gasteiger partial charge on any atom is 0.244 e. The van der Waals surface area contributed by atoms with Crippen LogP contribution in [0.1, 0.15) is 18.4 Å². The van der Waals surface area contributed by atoms with Crippen LogP contribution in [0.2, 0.25) is 0 Å². The maximum absolute atomic E-state index is 12.5. The minimum absolute atomic E-state index is 0.0373. The molecule has 1 fully saturated rings. The SMILES string of the molecule is O=S(=O)(c1ccc(NC(CO)Cc2ccccc2)nc1)N1CCCC1. The number of hydrogen-bond donors (Lipinski definition) is 2. The summed E-state index contributed by atoms with van der Waals surface area (Å²) in [6, 6.07) is 12.9. The second-order valence-corrected chi connectivity index (χ2v) is 8.14. The van der Waals surface area contributed by atoms with E-state index in [0.29, 0.717) is 25.3 Å². The van der Waals surface area contributed by atoms with Crippen molar-refractivity contribution in [3.05, 3.63) is 54.2 Å². The molecule has 1 aromatic heterocycles. The van der Waals surface area contributed by atoms with Crippen molar-refractivity contribution in [2.45, 2.75) is 30.2 Å². The first-order valence-corrected chi connectivity index (χ1v) is 9.91. The maximum atomic E-state index is 12.5. The van der Waals surface area contributed by atoms with Gasteiger partial charge in [-0.3, -0.25) is 0 Å². The lowest BCUT2D eigenvalue weighted by atomic mass is 10.1. The molecule has 0 aliphatic carbocycles. The lowest BCUT2D eigenvalue weighted by molar-refractivity contribution is 0.273. The number of aromatic nitrogens is 1. The van der Waals surface area contributed by atoms with Crippen LogP contribution in [0.5, 0.6) is 0 Å². The Morgan fingerprint density at radius 3 is 2.44 bits per heavy atom. The summed E-state index contributed by atoms with van der Waals surface area (Å²) in [6.45, 7) is 1.11. The smallest absolute Gasteiger partial charge is 0.244 e. The number of anilines is 1. The van der Waals surface area contributed by atoms with Crippen molar-refractivity contribution in [1.82, 2.24) is 9.29 Å². The number of aliphatic hydroxyl groups is 1. The first-order chi connectivity index (χ1) is 12.1. The molecule has 0 amide bonds. The quantitative estimate of drug-likeness (QED) is 0.787. The summed E-state index contributed by atoms with van der Waals surface area (Å²) in [5.41, 5.74) is 1.11. The monoisotopic (exact) mass is 361 g/mol.